The van der Waals surface area contributed by atoms with Gasteiger partial charge in [0.25, 0.3) is 0 Å². The Morgan fingerprint density at radius 2 is 2.06 bits per heavy atom. The summed E-state index contributed by atoms with van der Waals surface area (Å²) < 4.78 is 5.49. The summed E-state index contributed by atoms with van der Waals surface area (Å²) in [5.41, 5.74) is 1.16. The summed E-state index contributed by atoms with van der Waals surface area (Å²) in [5.74, 6) is 0. The van der Waals surface area contributed by atoms with Gasteiger partial charge in [0, 0.05) is 18.0 Å². The molecule has 0 atom stereocenters. The first kappa shape index (κ1) is 14.6. The number of hydrogen-bond donors (Lipinski definition) is 1. The molecule has 1 aromatic rings. The van der Waals surface area contributed by atoms with E-state index in [9.17, 15) is 0 Å². The van der Waals surface area contributed by atoms with Crippen LogP contribution in [0.1, 0.15) is 42.3 Å². The van der Waals surface area contributed by atoms with Crippen LogP contribution in [0.5, 0.6) is 0 Å². The maximum absolute atomic E-state index is 5.49. The number of aryl methyl sites for hydroxylation is 2. The normalized spacial score (nSPS) is 11.4. The largest absolute Gasteiger partial charge is 0.379 e. The van der Waals surface area contributed by atoms with E-state index in [4.69, 9.17) is 4.74 Å². The topological polar surface area (TPSA) is 34.2 Å². The van der Waals surface area contributed by atoms with Crippen LogP contribution in [0, 0.1) is 13.8 Å². The van der Waals surface area contributed by atoms with E-state index in [1.54, 1.807) is 11.3 Å². The Morgan fingerprint density at radius 3 is 2.65 bits per heavy atom. The summed E-state index contributed by atoms with van der Waals surface area (Å²) >= 11 is 1.79. The van der Waals surface area contributed by atoms with Crippen molar-refractivity contribution in [3.63, 3.8) is 0 Å². The lowest BCUT2D eigenvalue weighted by atomic mass is 10.3. The summed E-state index contributed by atoms with van der Waals surface area (Å²) in [5, 5.41) is 4.62. The molecule has 0 bridgehead atoms. The van der Waals surface area contributed by atoms with Crippen molar-refractivity contribution in [1.82, 2.24) is 10.3 Å². The number of aromatic nitrogens is 1. The molecule has 98 valence electrons. The second-order valence-corrected chi connectivity index (χ2v) is 5.84. The van der Waals surface area contributed by atoms with Crippen LogP contribution in [0.4, 0.5) is 0 Å². The predicted octanol–water partition coefficient (Wildman–Crippen LogP) is 3.05. The number of ether oxygens (including phenoxy) is 1. The third-order valence-electron chi connectivity index (χ3n) is 2.55. The first-order chi connectivity index (χ1) is 8.09. The van der Waals surface area contributed by atoms with Crippen molar-refractivity contribution >= 4 is 11.3 Å². The molecule has 0 aromatic carbocycles. The summed E-state index contributed by atoms with van der Waals surface area (Å²) in [6.45, 7) is 11.1. The molecule has 3 nitrogen and oxygen atoms in total. The van der Waals surface area contributed by atoms with E-state index in [1.165, 1.54) is 9.88 Å². The SMILES string of the molecule is Cc1nc(CNCCCCOC(C)C)sc1C. The number of hydrogen-bond acceptors (Lipinski definition) is 4. The molecular weight excluding hydrogens is 232 g/mol. The Morgan fingerprint density at radius 1 is 1.29 bits per heavy atom. The number of thiazole rings is 1. The van der Waals surface area contributed by atoms with Gasteiger partial charge in [-0.3, -0.25) is 0 Å². The van der Waals surface area contributed by atoms with Gasteiger partial charge in [-0.05, 0) is 47.1 Å². The number of unbranched alkanes of at least 4 members (excludes halogenated alkanes) is 1. The van der Waals surface area contributed by atoms with E-state index in [1.807, 2.05) is 0 Å². The highest BCUT2D eigenvalue weighted by atomic mass is 32.1. The third-order valence-corrected chi connectivity index (χ3v) is 3.62. The third kappa shape index (κ3) is 6.15. The molecule has 0 radical (unpaired) electrons. The van der Waals surface area contributed by atoms with Crippen molar-refractivity contribution < 1.29 is 4.74 Å². The monoisotopic (exact) mass is 256 g/mol. The second kappa shape index (κ2) is 7.80. The van der Waals surface area contributed by atoms with Crippen molar-refractivity contribution in [2.75, 3.05) is 13.2 Å². The van der Waals surface area contributed by atoms with E-state index >= 15 is 0 Å². The molecule has 0 saturated heterocycles. The Balaban J connectivity index is 2.01. The molecule has 0 fully saturated rings. The van der Waals surface area contributed by atoms with Gasteiger partial charge in [0.2, 0.25) is 0 Å². The van der Waals surface area contributed by atoms with Gasteiger partial charge in [-0.2, -0.15) is 0 Å². The minimum atomic E-state index is 0.351. The average Bonchev–Trinajstić information content (AvgIpc) is 2.56. The van der Waals surface area contributed by atoms with Crippen molar-refractivity contribution in [2.45, 2.75) is 53.2 Å². The molecule has 0 aliphatic heterocycles. The molecule has 4 heteroatoms. The lowest BCUT2D eigenvalue weighted by Gasteiger charge is -2.07. The standard InChI is InChI=1S/C13H24N2OS/c1-10(2)16-8-6-5-7-14-9-13-15-11(3)12(4)17-13/h10,14H,5-9H2,1-4H3. The van der Waals surface area contributed by atoms with E-state index in [0.717, 1.165) is 38.2 Å². The van der Waals surface area contributed by atoms with Crippen LogP contribution in [-0.4, -0.2) is 24.2 Å². The first-order valence-corrected chi connectivity index (χ1v) is 7.16. The zero-order valence-electron chi connectivity index (χ0n) is 11.4. The minimum absolute atomic E-state index is 0.351. The second-order valence-electron chi connectivity index (χ2n) is 4.55. The zero-order chi connectivity index (χ0) is 12.7. The lowest BCUT2D eigenvalue weighted by molar-refractivity contribution is 0.0760. The molecule has 0 amide bonds. The Labute approximate surface area is 109 Å². The summed E-state index contributed by atoms with van der Waals surface area (Å²) in [6.07, 6.45) is 2.64. The van der Waals surface area contributed by atoms with Gasteiger partial charge in [0.1, 0.15) is 5.01 Å². The lowest BCUT2D eigenvalue weighted by Crippen LogP contribution is -2.15. The molecule has 1 aromatic heterocycles. The van der Waals surface area contributed by atoms with Crippen LogP contribution in [-0.2, 0) is 11.3 Å². The number of nitrogens with one attached hydrogen (secondary N) is 1. The van der Waals surface area contributed by atoms with Crippen molar-refractivity contribution in [3.8, 4) is 0 Å². The zero-order valence-corrected chi connectivity index (χ0v) is 12.2. The predicted molar refractivity (Wildman–Crippen MR) is 73.6 cm³/mol. The molecule has 0 aliphatic carbocycles. The van der Waals surface area contributed by atoms with E-state index in [2.05, 4.69) is 38.0 Å². The van der Waals surface area contributed by atoms with Gasteiger partial charge in [-0.1, -0.05) is 0 Å². The van der Waals surface area contributed by atoms with Crippen LogP contribution in [0.2, 0.25) is 0 Å². The van der Waals surface area contributed by atoms with E-state index < -0.39 is 0 Å². The maximum atomic E-state index is 5.49. The van der Waals surface area contributed by atoms with E-state index in [0.29, 0.717) is 6.10 Å². The number of nitrogens with zero attached hydrogens (tertiary/aromatic N) is 1. The molecule has 0 unspecified atom stereocenters. The molecule has 1 N–H and O–H groups in total. The summed E-state index contributed by atoms with van der Waals surface area (Å²) in [4.78, 5) is 5.82. The molecular formula is C13H24N2OS. The fourth-order valence-electron chi connectivity index (χ4n) is 1.48. The Bertz CT molecular complexity index is 304. The van der Waals surface area contributed by atoms with Gasteiger partial charge >= 0.3 is 0 Å². The fraction of sp³-hybridized carbons (Fsp3) is 0.769. The van der Waals surface area contributed by atoms with Crippen LogP contribution < -0.4 is 5.32 Å². The molecule has 1 rings (SSSR count). The summed E-state index contributed by atoms with van der Waals surface area (Å²) in [6, 6.07) is 0. The first-order valence-electron chi connectivity index (χ1n) is 6.35. The van der Waals surface area contributed by atoms with Crippen LogP contribution in [0.15, 0.2) is 0 Å². The quantitative estimate of drug-likeness (QED) is 0.726. The van der Waals surface area contributed by atoms with Crippen molar-refractivity contribution in [3.05, 3.63) is 15.6 Å². The Kier molecular flexibility index (Phi) is 6.70. The van der Waals surface area contributed by atoms with Crippen molar-refractivity contribution in [1.29, 1.82) is 0 Å². The average molecular weight is 256 g/mol. The van der Waals surface area contributed by atoms with Gasteiger partial charge in [0.05, 0.1) is 11.8 Å². The minimum Gasteiger partial charge on any atom is -0.379 e. The van der Waals surface area contributed by atoms with Crippen LogP contribution in [0.25, 0.3) is 0 Å². The molecule has 0 spiro atoms. The summed E-state index contributed by atoms with van der Waals surface area (Å²) in [7, 11) is 0. The van der Waals surface area contributed by atoms with Gasteiger partial charge in [-0.15, -0.1) is 11.3 Å². The molecule has 1 heterocycles. The highest BCUT2D eigenvalue weighted by molar-refractivity contribution is 7.11. The van der Waals surface area contributed by atoms with Gasteiger partial charge in [-0.25, -0.2) is 4.98 Å². The van der Waals surface area contributed by atoms with Crippen LogP contribution >= 0.6 is 11.3 Å². The molecule has 0 aliphatic rings. The van der Waals surface area contributed by atoms with Crippen molar-refractivity contribution in [2.24, 2.45) is 0 Å². The highest BCUT2D eigenvalue weighted by Crippen LogP contribution is 2.15. The van der Waals surface area contributed by atoms with Gasteiger partial charge in [0.15, 0.2) is 0 Å². The highest BCUT2D eigenvalue weighted by Gasteiger charge is 2.02. The van der Waals surface area contributed by atoms with Crippen LogP contribution in [0.3, 0.4) is 0 Å². The van der Waals surface area contributed by atoms with Gasteiger partial charge < -0.3 is 10.1 Å². The fourth-order valence-corrected chi connectivity index (χ4v) is 2.38. The maximum Gasteiger partial charge on any atom is 0.107 e. The Hall–Kier alpha value is -0.450. The van der Waals surface area contributed by atoms with E-state index in [-0.39, 0.29) is 0 Å². The molecule has 17 heavy (non-hydrogen) atoms. The smallest absolute Gasteiger partial charge is 0.107 e. The molecule has 0 saturated carbocycles. The number of rotatable bonds is 8.